The first-order chi connectivity index (χ1) is 8.09. The second-order valence-corrected chi connectivity index (χ2v) is 6.70. The van der Waals surface area contributed by atoms with Crippen molar-refractivity contribution in [2.75, 3.05) is 0 Å². The number of nitrogens with zero attached hydrogens (tertiary/aromatic N) is 2. The maximum atomic E-state index is 12.1. The van der Waals surface area contributed by atoms with Crippen molar-refractivity contribution in [1.82, 2.24) is 9.96 Å². The van der Waals surface area contributed by atoms with Crippen molar-refractivity contribution in [3.63, 3.8) is 0 Å². The van der Waals surface area contributed by atoms with Gasteiger partial charge in [-0.1, -0.05) is 6.92 Å². The average Bonchev–Trinajstić information content (AvgIpc) is 2.56. The molecule has 2 heterocycles. The SMILES string of the molecule is C[C@H]1CC(=O)N(C2CC(C)(C)N(O)C2(C)C)C1=O. The lowest BCUT2D eigenvalue weighted by atomic mass is 9.93. The van der Waals surface area contributed by atoms with Crippen LogP contribution in [0.5, 0.6) is 0 Å². The Kier molecular flexibility index (Phi) is 2.83. The van der Waals surface area contributed by atoms with E-state index in [9.17, 15) is 14.8 Å². The molecule has 1 unspecified atom stereocenters. The number of rotatable bonds is 1. The van der Waals surface area contributed by atoms with Crippen LogP contribution < -0.4 is 0 Å². The smallest absolute Gasteiger partial charge is 0.232 e. The monoisotopic (exact) mass is 254 g/mol. The third-order valence-electron chi connectivity index (χ3n) is 4.35. The summed E-state index contributed by atoms with van der Waals surface area (Å²) < 4.78 is 0. The van der Waals surface area contributed by atoms with Gasteiger partial charge in [0.05, 0.1) is 11.6 Å². The Balaban J connectivity index is 2.35. The fraction of sp³-hybridized carbons (Fsp3) is 0.846. The van der Waals surface area contributed by atoms with Crippen LogP contribution in [0.1, 0.15) is 47.5 Å². The number of carbonyl (C=O) groups excluding carboxylic acids is 2. The highest BCUT2D eigenvalue weighted by Crippen LogP contribution is 2.43. The number of carbonyl (C=O) groups is 2. The zero-order chi connectivity index (χ0) is 13.9. The van der Waals surface area contributed by atoms with Gasteiger partial charge in [-0.3, -0.25) is 14.5 Å². The fourth-order valence-corrected chi connectivity index (χ4v) is 3.27. The van der Waals surface area contributed by atoms with Gasteiger partial charge in [-0.05, 0) is 34.1 Å². The zero-order valence-corrected chi connectivity index (χ0v) is 11.7. The summed E-state index contributed by atoms with van der Waals surface area (Å²) in [6.07, 6.45) is 0.887. The average molecular weight is 254 g/mol. The molecule has 0 aromatic carbocycles. The number of hydroxylamine groups is 2. The molecule has 102 valence electrons. The van der Waals surface area contributed by atoms with E-state index in [4.69, 9.17) is 0 Å². The molecule has 2 aliphatic heterocycles. The van der Waals surface area contributed by atoms with Crippen molar-refractivity contribution in [3.8, 4) is 0 Å². The number of likely N-dealkylation sites (tertiary alicyclic amines) is 1. The Hall–Kier alpha value is -0.940. The van der Waals surface area contributed by atoms with Gasteiger partial charge in [0, 0.05) is 17.9 Å². The highest BCUT2D eigenvalue weighted by atomic mass is 16.5. The van der Waals surface area contributed by atoms with Crippen molar-refractivity contribution in [2.45, 2.75) is 64.6 Å². The summed E-state index contributed by atoms with van der Waals surface area (Å²) >= 11 is 0. The molecule has 0 bridgehead atoms. The molecule has 5 nitrogen and oxygen atoms in total. The normalized spacial score (nSPS) is 35.6. The molecule has 2 fully saturated rings. The first-order valence-electron chi connectivity index (χ1n) is 6.44. The lowest BCUT2D eigenvalue weighted by molar-refractivity contribution is -0.198. The predicted octanol–water partition coefficient (Wildman–Crippen LogP) is 1.40. The van der Waals surface area contributed by atoms with Gasteiger partial charge in [-0.25, -0.2) is 0 Å². The molecule has 2 aliphatic rings. The number of hydrogen-bond acceptors (Lipinski definition) is 4. The predicted molar refractivity (Wildman–Crippen MR) is 65.8 cm³/mol. The van der Waals surface area contributed by atoms with E-state index < -0.39 is 11.1 Å². The van der Waals surface area contributed by atoms with E-state index in [0.717, 1.165) is 0 Å². The van der Waals surface area contributed by atoms with Gasteiger partial charge in [-0.2, -0.15) is 5.06 Å². The summed E-state index contributed by atoms with van der Waals surface area (Å²) in [7, 11) is 0. The molecule has 18 heavy (non-hydrogen) atoms. The van der Waals surface area contributed by atoms with Crippen LogP contribution in [-0.4, -0.2) is 44.1 Å². The van der Waals surface area contributed by atoms with Crippen molar-refractivity contribution in [3.05, 3.63) is 0 Å². The molecule has 2 amide bonds. The second-order valence-electron chi connectivity index (χ2n) is 6.70. The van der Waals surface area contributed by atoms with E-state index in [0.29, 0.717) is 6.42 Å². The van der Waals surface area contributed by atoms with E-state index in [-0.39, 0.29) is 30.2 Å². The van der Waals surface area contributed by atoms with Crippen LogP contribution in [0.2, 0.25) is 0 Å². The maximum Gasteiger partial charge on any atom is 0.232 e. The van der Waals surface area contributed by atoms with Crippen LogP contribution >= 0.6 is 0 Å². The molecule has 0 aromatic rings. The van der Waals surface area contributed by atoms with Crippen molar-refractivity contribution in [2.24, 2.45) is 5.92 Å². The molecule has 0 aliphatic carbocycles. The molecule has 5 heteroatoms. The second kappa shape index (κ2) is 3.78. The Morgan fingerprint density at radius 1 is 1.22 bits per heavy atom. The Bertz CT molecular complexity index is 403. The zero-order valence-electron chi connectivity index (χ0n) is 11.7. The molecule has 0 saturated carbocycles. The molecule has 2 atom stereocenters. The van der Waals surface area contributed by atoms with Crippen LogP contribution in [0.25, 0.3) is 0 Å². The van der Waals surface area contributed by atoms with Gasteiger partial charge < -0.3 is 5.21 Å². The quantitative estimate of drug-likeness (QED) is 0.719. The summed E-state index contributed by atoms with van der Waals surface area (Å²) in [5, 5.41) is 11.5. The lowest BCUT2D eigenvalue weighted by Crippen LogP contribution is -2.54. The Morgan fingerprint density at radius 2 is 1.78 bits per heavy atom. The summed E-state index contributed by atoms with van der Waals surface area (Å²) in [6, 6.07) is -0.262. The highest BCUT2D eigenvalue weighted by molar-refractivity contribution is 6.03. The van der Waals surface area contributed by atoms with Crippen LogP contribution in [0.15, 0.2) is 0 Å². The number of amides is 2. The molecule has 0 radical (unpaired) electrons. The van der Waals surface area contributed by atoms with Crippen molar-refractivity contribution in [1.29, 1.82) is 0 Å². The Morgan fingerprint density at radius 3 is 2.11 bits per heavy atom. The molecule has 1 N–H and O–H groups in total. The topological polar surface area (TPSA) is 60.9 Å². The van der Waals surface area contributed by atoms with Gasteiger partial charge >= 0.3 is 0 Å². The van der Waals surface area contributed by atoms with Gasteiger partial charge in [0.15, 0.2) is 0 Å². The standard InChI is InChI=1S/C13H22N2O3/c1-8-6-10(16)14(11(8)17)9-7-12(2,3)15(18)13(9,4)5/h8-9,18H,6-7H2,1-5H3/t8-,9?/m0/s1. The minimum atomic E-state index is -0.612. The van der Waals surface area contributed by atoms with Crippen molar-refractivity contribution >= 4 is 11.8 Å². The third kappa shape index (κ3) is 1.68. The molecule has 0 aromatic heterocycles. The minimum Gasteiger partial charge on any atom is -0.313 e. The highest BCUT2D eigenvalue weighted by Gasteiger charge is 2.57. The van der Waals surface area contributed by atoms with Gasteiger partial charge in [0.2, 0.25) is 11.8 Å². The van der Waals surface area contributed by atoms with Crippen LogP contribution in [-0.2, 0) is 9.59 Å². The van der Waals surface area contributed by atoms with Gasteiger partial charge in [-0.15, -0.1) is 0 Å². The summed E-state index contributed by atoms with van der Waals surface area (Å²) in [4.78, 5) is 25.5. The molecular formula is C13H22N2O3. The Labute approximate surface area is 108 Å². The first kappa shape index (κ1) is 13.5. The summed E-state index contributed by atoms with van der Waals surface area (Å²) in [5.74, 6) is -0.454. The minimum absolute atomic E-state index is 0.107. The van der Waals surface area contributed by atoms with E-state index >= 15 is 0 Å². The molecule has 2 rings (SSSR count). The van der Waals surface area contributed by atoms with Crippen molar-refractivity contribution < 1.29 is 14.8 Å². The third-order valence-corrected chi connectivity index (χ3v) is 4.35. The largest absolute Gasteiger partial charge is 0.313 e. The van der Waals surface area contributed by atoms with E-state index in [1.807, 2.05) is 27.7 Å². The molecule has 0 spiro atoms. The van der Waals surface area contributed by atoms with Gasteiger partial charge in [0.1, 0.15) is 0 Å². The molecular weight excluding hydrogens is 232 g/mol. The fourth-order valence-electron chi connectivity index (χ4n) is 3.27. The number of hydrogen-bond donors (Lipinski definition) is 1. The van der Waals surface area contributed by atoms with Crippen LogP contribution in [0.3, 0.4) is 0 Å². The van der Waals surface area contributed by atoms with E-state index in [1.165, 1.54) is 9.96 Å². The maximum absolute atomic E-state index is 12.1. The first-order valence-corrected chi connectivity index (χ1v) is 6.44. The summed E-state index contributed by atoms with van der Waals surface area (Å²) in [5.41, 5.74) is -1.04. The number of imide groups is 1. The summed E-state index contributed by atoms with van der Waals surface area (Å²) in [6.45, 7) is 9.36. The van der Waals surface area contributed by atoms with Crippen LogP contribution in [0, 0.1) is 5.92 Å². The van der Waals surface area contributed by atoms with E-state index in [1.54, 1.807) is 6.92 Å². The van der Waals surface area contributed by atoms with Gasteiger partial charge in [0.25, 0.3) is 0 Å². The van der Waals surface area contributed by atoms with E-state index in [2.05, 4.69) is 0 Å². The lowest BCUT2D eigenvalue weighted by Gasteiger charge is -2.38. The molecule has 2 saturated heterocycles. The van der Waals surface area contributed by atoms with Crippen LogP contribution in [0.4, 0.5) is 0 Å².